The smallest absolute Gasteiger partial charge is 0.246 e. The average Bonchev–Trinajstić information content (AvgIpc) is 1.59. The molecular formula is C66H111N17O15S2. The van der Waals surface area contributed by atoms with Gasteiger partial charge in [0.1, 0.15) is 78.5 Å². The summed E-state index contributed by atoms with van der Waals surface area (Å²) in [4.78, 5) is 201. The molecule has 18 N–H and O–H groups in total. The summed E-state index contributed by atoms with van der Waals surface area (Å²) >= 11 is 0. The topological polar surface area (TPSA) is 483 Å². The Balaban J connectivity index is 1.52. The number of fused-ring (bicyclic) bond motifs is 10. The zero-order valence-corrected chi connectivity index (χ0v) is 61.2. The quantitative estimate of drug-likeness (QED) is 0.0365. The maximum atomic E-state index is 15.5. The number of nitrogens with two attached hydrogens (primary N) is 3. The van der Waals surface area contributed by atoms with Crippen molar-refractivity contribution < 1.29 is 72.5 Å². The SMILES string of the molecule is CC[C@H](C)[C@@H]1NC(=O)[C@@H](N)CNC(=O)[C@@H]2CCCN2C(=O)[C@H]([C@@H](C)CC)NC(=O)[C@H]2NC(=O)[C@H]([C@@H](C)CC)NC(=O)[C@@H]3C[C@@H]4CCCC[C@@H]4N3C(=O)[C@@H]3CCCN3C(=O)[C@H](CC(C)C)NC(=O)[C@H](CO)NC(=O)[C@H](CCCN=C(N)N)NC(=O)[C@H](CO)NC(=O)[C@H](CSSC2(C)C)NC1=O. The standard InChI is InChI=1S/C66H111N17O15S2/c1-11-34(6)48-59(93)76-43-32-99-100-66(9,10)51(61(95)79-50(36(8)13-3)64(98)81-25-17-22-45(81)57(91)71-29-38(67)52(86)77-48)80-60(94)49(35(7)12-2)78-58(92)47-28-37-19-14-15-21-44(37)83(47)63(97)46-23-18-26-82(46)62(96)40(27-33(4)5)73-55(89)42(31-85)74-53(87)39(20-16-24-70-65(68)69)72-54(88)41(30-84)75-56(43)90/h33-51,84-85H,11-32,67H2,1-10H3,(H,71,91)(H,72,88)(H,73,89)(H,74,87)(H,75,90)(H,76,93)(H,77,86)(H,78,92)(H,79,95)(H,80,94)(H4,68,69,70)/t34-,35-,36-,37-,38-,39-,40-,41-,42-,43-,44-,45-,46-,47-,48-,49-,50-,51+/m0/s1. The van der Waals surface area contributed by atoms with Crippen molar-refractivity contribution >= 4 is 104 Å². The number of amides is 13. The van der Waals surface area contributed by atoms with Crippen LogP contribution < -0.4 is 70.4 Å². The van der Waals surface area contributed by atoms with Gasteiger partial charge in [-0.1, -0.05) is 109 Å². The first-order chi connectivity index (χ1) is 47.3. The summed E-state index contributed by atoms with van der Waals surface area (Å²) in [5, 5.41) is 48.6. The van der Waals surface area contributed by atoms with E-state index in [-0.39, 0.29) is 76.0 Å². The van der Waals surface area contributed by atoms with Crippen molar-refractivity contribution in [3.8, 4) is 0 Å². The van der Waals surface area contributed by atoms with Crippen LogP contribution in [-0.2, 0) is 62.3 Å². The normalized spacial score (nSPS) is 32.0. The van der Waals surface area contributed by atoms with E-state index in [0.29, 0.717) is 44.9 Å². The first-order valence-electron chi connectivity index (χ1n) is 35.6. The van der Waals surface area contributed by atoms with E-state index in [0.717, 1.165) is 34.4 Å². The van der Waals surface area contributed by atoms with Gasteiger partial charge in [-0.05, 0) is 108 Å². The lowest BCUT2D eigenvalue weighted by Crippen LogP contribution is -2.64. The summed E-state index contributed by atoms with van der Waals surface area (Å²) in [6.07, 6.45) is 5.21. The molecule has 5 aliphatic heterocycles. The first-order valence-corrected chi connectivity index (χ1v) is 37.9. The maximum Gasteiger partial charge on any atom is 0.246 e. The molecule has 0 aromatic heterocycles. The van der Waals surface area contributed by atoms with E-state index in [4.69, 9.17) is 17.2 Å². The van der Waals surface area contributed by atoms with Crippen LogP contribution in [0.4, 0.5) is 0 Å². The molecule has 0 radical (unpaired) electrons. The van der Waals surface area contributed by atoms with Crippen LogP contribution >= 0.6 is 21.6 Å². The van der Waals surface area contributed by atoms with Gasteiger partial charge in [-0.15, -0.1) is 0 Å². The third-order valence-electron chi connectivity index (χ3n) is 20.4. The van der Waals surface area contributed by atoms with Crippen LogP contribution in [0.15, 0.2) is 4.99 Å². The predicted molar refractivity (Wildman–Crippen MR) is 375 cm³/mol. The average molecular weight is 1450 g/mol. The minimum absolute atomic E-state index is 0.0282. The van der Waals surface area contributed by atoms with Crippen LogP contribution in [-0.4, -0.2) is 242 Å². The minimum atomic E-state index is -1.87. The van der Waals surface area contributed by atoms with E-state index in [1.165, 1.54) is 9.80 Å². The Morgan fingerprint density at radius 1 is 0.550 bits per heavy atom. The summed E-state index contributed by atoms with van der Waals surface area (Å²) in [6, 6.07) is -18.8. The highest BCUT2D eigenvalue weighted by atomic mass is 33.1. The highest BCUT2D eigenvalue weighted by Gasteiger charge is 2.53. The predicted octanol–water partition coefficient (Wildman–Crippen LogP) is -2.66. The van der Waals surface area contributed by atoms with Gasteiger partial charge >= 0.3 is 0 Å². The van der Waals surface area contributed by atoms with Crippen molar-refractivity contribution in [1.29, 1.82) is 0 Å². The molecule has 1 saturated carbocycles. The molecule has 6 aliphatic rings. The lowest BCUT2D eigenvalue weighted by Gasteiger charge is -2.38. The number of carbonyl (C=O) groups is 13. The van der Waals surface area contributed by atoms with E-state index in [2.05, 4.69) is 58.2 Å². The summed E-state index contributed by atoms with van der Waals surface area (Å²) in [6.45, 7) is 15.0. The third kappa shape index (κ3) is 21.1. The molecule has 13 amide bonds. The summed E-state index contributed by atoms with van der Waals surface area (Å²) in [7, 11) is 1.92. The molecule has 5 heterocycles. The van der Waals surface area contributed by atoms with E-state index >= 15 is 24.0 Å². The molecule has 562 valence electrons. The monoisotopic (exact) mass is 1450 g/mol. The van der Waals surface area contributed by atoms with Gasteiger partial charge in [0.2, 0.25) is 76.8 Å². The molecule has 32 nitrogen and oxygen atoms in total. The summed E-state index contributed by atoms with van der Waals surface area (Å²) in [5.41, 5.74) is 17.5. The fourth-order valence-electron chi connectivity index (χ4n) is 13.9. The van der Waals surface area contributed by atoms with Crippen LogP contribution in [0.25, 0.3) is 0 Å². The number of aliphatic hydroxyl groups is 2. The van der Waals surface area contributed by atoms with E-state index in [1.54, 1.807) is 46.4 Å². The Kier molecular flexibility index (Phi) is 30.9. The highest BCUT2D eigenvalue weighted by molar-refractivity contribution is 8.77. The molecule has 6 fully saturated rings. The van der Waals surface area contributed by atoms with Crippen molar-refractivity contribution in [3.05, 3.63) is 0 Å². The van der Waals surface area contributed by atoms with Crippen molar-refractivity contribution in [2.75, 3.05) is 45.1 Å². The number of rotatable bonds is 14. The molecular weight excluding hydrogens is 1330 g/mol. The third-order valence-corrected chi connectivity index (χ3v) is 23.7. The zero-order chi connectivity index (χ0) is 74.0. The number of nitrogens with one attached hydrogen (secondary N) is 10. The van der Waals surface area contributed by atoms with Crippen molar-refractivity contribution in [2.45, 2.75) is 255 Å². The number of hydrogen-bond acceptors (Lipinski definition) is 19. The van der Waals surface area contributed by atoms with E-state index < -0.39 is 209 Å². The van der Waals surface area contributed by atoms with Crippen molar-refractivity contribution in [3.63, 3.8) is 0 Å². The van der Waals surface area contributed by atoms with Crippen LogP contribution in [0.2, 0.25) is 0 Å². The first kappa shape index (κ1) is 81.9. The van der Waals surface area contributed by atoms with Gasteiger partial charge in [0, 0.05) is 42.7 Å². The lowest BCUT2D eigenvalue weighted by atomic mass is 9.84. The second-order valence-corrected chi connectivity index (χ2v) is 31.6. The Labute approximate surface area is 593 Å². The van der Waals surface area contributed by atoms with Gasteiger partial charge in [-0.25, -0.2) is 0 Å². The number of nitrogens with zero attached hydrogens (tertiary/aromatic N) is 4. The maximum absolute atomic E-state index is 15.5. The molecule has 5 saturated heterocycles. The largest absolute Gasteiger partial charge is 0.394 e. The van der Waals surface area contributed by atoms with Crippen molar-refractivity contribution in [1.82, 2.24) is 67.9 Å². The second-order valence-electron chi connectivity index (χ2n) is 28.6. The molecule has 1 aliphatic carbocycles. The fourth-order valence-corrected chi connectivity index (χ4v) is 16.7. The van der Waals surface area contributed by atoms with E-state index in [1.807, 2.05) is 27.7 Å². The molecule has 6 rings (SSSR count). The fraction of sp³-hybridized carbons (Fsp3) is 0.788. The molecule has 0 aromatic carbocycles. The van der Waals surface area contributed by atoms with Gasteiger partial charge in [0.15, 0.2) is 5.96 Å². The molecule has 0 spiro atoms. The van der Waals surface area contributed by atoms with Gasteiger partial charge in [-0.3, -0.25) is 67.3 Å². The molecule has 0 unspecified atom stereocenters. The van der Waals surface area contributed by atoms with Gasteiger partial charge in [0.25, 0.3) is 0 Å². The van der Waals surface area contributed by atoms with Gasteiger partial charge < -0.3 is 95.3 Å². The number of hydrogen-bond donors (Lipinski definition) is 15. The van der Waals surface area contributed by atoms with E-state index in [9.17, 15) is 48.6 Å². The van der Waals surface area contributed by atoms with Crippen LogP contribution in [0.1, 0.15) is 166 Å². The van der Waals surface area contributed by atoms with Gasteiger partial charge in [-0.2, -0.15) is 0 Å². The second kappa shape index (κ2) is 37.8. The Bertz CT molecular complexity index is 2980. The Hall–Kier alpha value is -7.04. The molecule has 2 bridgehead atoms. The van der Waals surface area contributed by atoms with Crippen LogP contribution in [0.5, 0.6) is 0 Å². The van der Waals surface area contributed by atoms with Crippen molar-refractivity contribution in [2.24, 2.45) is 51.8 Å². The Morgan fingerprint density at radius 3 is 1.66 bits per heavy atom. The number of aliphatic hydroxyl groups excluding tert-OH is 2. The summed E-state index contributed by atoms with van der Waals surface area (Å²) < 4.78 is -1.47. The minimum Gasteiger partial charge on any atom is -0.394 e. The van der Waals surface area contributed by atoms with Gasteiger partial charge in [0.05, 0.1) is 13.2 Å². The lowest BCUT2D eigenvalue weighted by molar-refractivity contribution is -0.150. The number of aliphatic imine (C=N–C) groups is 1. The van der Waals surface area contributed by atoms with Crippen LogP contribution in [0.3, 0.4) is 0 Å². The summed E-state index contributed by atoms with van der Waals surface area (Å²) in [5.74, 6) is -13.4. The molecule has 34 heteroatoms. The van der Waals surface area contributed by atoms with Crippen LogP contribution in [0, 0.1) is 29.6 Å². The number of guanidine groups is 1. The Morgan fingerprint density at radius 2 is 1.07 bits per heavy atom. The zero-order valence-electron chi connectivity index (χ0n) is 59.6. The molecule has 18 atom stereocenters. The molecule has 100 heavy (non-hydrogen) atoms. The molecule has 0 aromatic rings. The highest BCUT2D eigenvalue weighted by Crippen LogP contribution is 2.42. The number of carbonyl (C=O) groups excluding carboxylic acids is 13.